The molecule has 17 heavy (non-hydrogen) atoms. The molecular formula is C12H17N3OS. The van der Waals surface area contributed by atoms with Crippen LogP contribution in [0.3, 0.4) is 0 Å². The van der Waals surface area contributed by atoms with Gasteiger partial charge in [0, 0.05) is 29.5 Å². The van der Waals surface area contributed by atoms with Gasteiger partial charge in [0.2, 0.25) is 0 Å². The van der Waals surface area contributed by atoms with Crippen molar-refractivity contribution in [3.8, 4) is 0 Å². The van der Waals surface area contributed by atoms with Crippen molar-refractivity contribution >= 4 is 17.2 Å². The lowest BCUT2D eigenvalue weighted by Gasteiger charge is -2.20. The highest BCUT2D eigenvalue weighted by Crippen LogP contribution is 2.28. The molecule has 5 heteroatoms. The fourth-order valence-electron chi connectivity index (χ4n) is 2.83. The Morgan fingerprint density at radius 2 is 2.41 bits per heavy atom. The second-order valence-corrected chi connectivity index (χ2v) is 6.00. The Labute approximate surface area is 105 Å². The van der Waals surface area contributed by atoms with Gasteiger partial charge in [0.05, 0.1) is 4.88 Å². The van der Waals surface area contributed by atoms with Crippen molar-refractivity contribution in [1.29, 1.82) is 0 Å². The first-order valence-corrected chi connectivity index (χ1v) is 6.93. The molecule has 0 saturated carbocycles. The number of nitrogens with two attached hydrogens (primary N) is 1. The maximum absolute atomic E-state index is 12.0. The minimum Gasteiger partial charge on any atom is -0.347 e. The first-order chi connectivity index (χ1) is 8.26. The molecule has 0 spiro atoms. The third kappa shape index (κ3) is 2.10. The van der Waals surface area contributed by atoms with Crippen LogP contribution in [0.1, 0.15) is 33.8 Å². The number of rotatable bonds is 3. The largest absolute Gasteiger partial charge is 0.347 e. The van der Waals surface area contributed by atoms with Gasteiger partial charge in [-0.2, -0.15) is 0 Å². The summed E-state index contributed by atoms with van der Waals surface area (Å²) in [5, 5.41) is 6.65. The minimum atomic E-state index is 0.0500. The van der Waals surface area contributed by atoms with Gasteiger partial charge in [0.25, 0.3) is 5.91 Å². The van der Waals surface area contributed by atoms with Crippen molar-refractivity contribution in [2.75, 3.05) is 0 Å². The smallest absolute Gasteiger partial charge is 0.261 e. The Morgan fingerprint density at radius 1 is 1.53 bits per heavy atom. The summed E-state index contributed by atoms with van der Waals surface area (Å²) in [7, 11) is 0. The number of carbonyl (C=O) groups excluding carboxylic acids is 1. The molecule has 1 amide bonds. The van der Waals surface area contributed by atoms with E-state index in [9.17, 15) is 4.79 Å². The molecule has 1 aromatic rings. The van der Waals surface area contributed by atoms with Gasteiger partial charge in [-0.25, -0.2) is 0 Å². The molecule has 0 aromatic carbocycles. The summed E-state index contributed by atoms with van der Waals surface area (Å²) < 4.78 is 0. The van der Waals surface area contributed by atoms with Crippen molar-refractivity contribution in [3.63, 3.8) is 0 Å². The van der Waals surface area contributed by atoms with Crippen LogP contribution in [-0.2, 0) is 6.54 Å². The van der Waals surface area contributed by atoms with Crippen LogP contribution in [0.2, 0.25) is 0 Å². The van der Waals surface area contributed by atoms with Gasteiger partial charge >= 0.3 is 0 Å². The molecule has 2 bridgehead atoms. The van der Waals surface area contributed by atoms with E-state index in [4.69, 9.17) is 5.73 Å². The summed E-state index contributed by atoms with van der Waals surface area (Å²) >= 11 is 1.49. The second kappa shape index (κ2) is 4.40. The Kier molecular flexibility index (Phi) is 2.90. The summed E-state index contributed by atoms with van der Waals surface area (Å²) in [6.07, 6.45) is 3.52. The highest BCUT2D eigenvalue weighted by atomic mass is 32.1. The average molecular weight is 251 g/mol. The van der Waals surface area contributed by atoms with Gasteiger partial charge < -0.3 is 16.4 Å². The predicted octanol–water partition coefficient (Wildman–Crippen LogP) is 0.829. The van der Waals surface area contributed by atoms with Crippen LogP contribution >= 0.6 is 11.3 Å². The highest BCUT2D eigenvalue weighted by Gasteiger charge is 2.39. The zero-order chi connectivity index (χ0) is 11.8. The lowest BCUT2D eigenvalue weighted by molar-refractivity contribution is 0.0935. The third-order valence-electron chi connectivity index (χ3n) is 3.70. The maximum Gasteiger partial charge on any atom is 0.261 e. The SMILES string of the molecule is NCc1ccc(C(=O)NC2CC3CCC2N3)s1. The van der Waals surface area contributed by atoms with E-state index in [1.165, 1.54) is 24.2 Å². The molecule has 3 atom stereocenters. The average Bonchev–Trinajstić information content (AvgIpc) is 3.04. The van der Waals surface area contributed by atoms with Crippen LogP contribution in [0.25, 0.3) is 0 Å². The van der Waals surface area contributed by atoms with Gasteiger partial charge in [-0.15, -0.1) is 11.3 Å². The van der Waals surface area contributed by atoms with E-state index in [2.05, 4.69) is 10.6 Å². The van der Waals surface area contributed by atoms with Gasteiger partial charge in [-0.05, 0) is 31.4 Å². The Bertz CT molecular complexity index is 431. The van der Waals surface area contributed by atoms with E-state index in [0.29, 0.717) is 24.7 Å². The fraction of sp³-hybridized carbons (Fsp3) is 0.583. The first kappa shape index (κ1) is 11.2. The van der Waals surface area contributed by atoms with Crippen molar-refractivity contribution in [2.45, 2.75) is 43.9 Å². The van der Waals surface area contributed by atoms with Gasteiger partial charge in [-0.1, -0.05) is 0 Å². The van der Waals surface area contributed by atoms with Gasteiger partial charge in [0.1, 0.15) is 0 Å². The molecule has 3 heterocycles. The zero-order valence-corrected chi connectivity index (χ0v) is 10.4. The number of hydrogen-bond acceptors (Lipinski definition) is 4. The number of nitrogens with one attached hydrogen (secondary N) is 2. The lowest BCUT2D eigenvalue weighted by Crippen LogP contribution is -2.42. The minimum absolute atomic E-state index is 0.0500. The summed E-state index contributed by atoms with van der Waals surface area (Å²) in [4.78, 5) is 13.9. The van der Waals surface area contributed by atoms with E-state index < -0.39 is 0 Å². The molecule has 3 rings (SSSR count). The molecule has 0 radical (unpaired) electrons. The molecule has 2 aliphatic heterocycles. The van der Waals surface area contributed by atoms with E-state index in [1.807, 2.05) is 12.1 Å². The second-order valence-electron chi connectivity index (χ2n) is 4.83. The zero-order valence-electron chi connectivity index (χ0n) is 9.61. The standard InChI is InChI=1S/C12H17N3OS/c13-6-8-2-4-11(17-8)12(16)15-10-5-7-1-3-9(10)14-7/h2,4,7,9-10,14H,1,3,5-6,13H2,(H,15,16). The summed E-state index contributed by atoms with van der Waals surface area (Å²) in [5.41, 5.74) is 5.54. The first-order valence-electron chi connectivity index (χ1n) is 6.12. The summed E-state index contributed by atoms with van der Waals surface area (Å²) in [6.45, 7) is 0.508. The van der Waals surface area contributed by atoms with Crippen molar-refractivity contribution in [2.24, 2.45) is 5.73 Å². The fourth-order valence-corrected chi connectivity index (χ4v) is 3.62. The molecule has 3 unspecified atom stereocenters. The Hall–Kier alpha value is -0.910. The van der Waals surface area contributed by atoms with Gasteiger partial charge in [0.15, 0.2) is 0 Å². The maximum atomic E-state index is 12.0. The van der Waals surface area contributed by atoms with Crippen LogP contribution in [0.4, 0.5) is 0 Å². The highest BCUT2D eigenvalue weighted by molar-refractivity contribution is 7.14. The van der Waals surface area contributed by atoms with Crippen LogP contribution in [0, 0.1) is 0 Å². The number of carbonyl (C=O) groups is 1. The molecule has 2 saturated heterocycles. The normalized spacial score (nSPS) is 30.8. The van der Waals surface area contributed by atoms with Crippen LogP contribution in [0.5, 0.6) is 0 Å². The molecule has 1 aromatic heterocycles. The van der Waals surface area contributed by atoms with E-state index in [-0.39, 0.29) is 5.91 Å². The van der Waals surface area contributed by atoms with Crippen LogP contribution < -0.4 is 16.4 Å². The third-order valence-corrected chi connectivity index (χ3v) is 4.81. The summed E-state index contributed by atoms with van der Waals surface area (Å²) in [6, 6.07) is 5.21. The molecule has 4 N–H and O–H groups in total. The van der Waals surface area contributed by atoms with Crippen molar-refractivity contribution in [1.82, 2.24) is 10.6 Å². The molecule has 2 fully saturated rings. The number of amides is 1. The molecule has 92 valence electrons. The van der Waals surface area contributed by atoms with Crippen molar-refractivity contribution < 1.29 is 4.79 Å². The number of hydrogen-bond donors (Lipinski definition) is 3. The number of fused-ring (bicyclic) bond motifs is 2. The Balaban J connectivity index is 1.63. The number of thiophene rings is 1. The van der Waals surface area contributed by atoms with Gasteiger partial charge in [-0.3, -0.25) is 4.79 Å². The monoisotopic (exact) mass is 251 g/mol. The summed E-state index contributed by atoms with van der Waals surface area (Å²) in [5.74, 6) is 0.0500. The molecular weight excluding hydrogens is 234 g/mol. The molecule has 2 aliphatic rings. The Morgan fingerprint density at radius 3 is 3.00 bits per heavy atom. The van der Waals surface area contributed by atoms with Crippen molar-refractivity contribution in [3.05, 3.63) is 21.9 Å². The quantitative estimate of drug-likeness (QED) is 0.745. The van der Waals surface area contributed by atoms with E-state index in [1.54, 1.807) is 0 Å². The molecule has 4 nitrogen and oxygen atoms in total. The van der Waals surface area contributed by atoms with E-state index in [0.717, 1.165) is 16.2 Å². The van der Waals surface area contributed by atoms with Crippen LogP contribution in [-0.4, -0.2) is 24.0 Å². The predicted molar refractivity (Wildman–Crippen MR) is 68.0 cm³/mol. The topological polar surface area (TPSA) is 67.2 Å². The van der Waals surface area contributed by atoms with Crippen LogP contribution in [0.15, 0.2) is 12.1 Å². The molecule has 0 aliphatic carbocycles. The lowest BCUT2D eigenvalue weighted by atomic mass is 9.95. The van der Waals surface area contributed by atoms with E-state index >= 15 is 0 Å².